The first kappa shape index (κ1) is 19.7. The third-order valence-electron chi connectivity index (χ3n) is 4.43. The van der Waals surface area contributed by atoms with E-state index in [4.69, 9.17) is 0 Å². The zero-order valence-corrected chi connectivity index (χ0v) is 16.3. The van der Waals surface area contributed by atoms with Crippen LogP contribution in [0.25, 0.3) is 0 Å². The van der Waals surface area contributed by atoms with Crippen molar-refractivity contribution in [3.05, 3.63) is 65.2 Å². The molecule has 0 saturated heterocycles. The Hall–Kier alpha value is -2.62. The van der Waals surface area contributed by atoms with E-state index in [0.717, 1.165) is 11.3 Å². The van der Waals surface area contributed by atoms with Crippen molar-refractivity contribution in [2.24, 2.45) is 0 Å². The molecule has 0 saturated carbocycles. The summed E-state index contributed by atoms with van der Waals surface area (Å²) < 4.78 is 0. The summed E-state index contributed by atoms with van der Waals surface area (Å²) in [7, 11) is 1.75. The summed E-state index contributed by atoms with van der Waals surface area (Å²) in [5.74, 6) is -0.187. The summed E-state index contributed by atoms with van der Waals surface area (Å²) in [5, 5.41) is 2.82. The summed E-state index contributed by atoms with van der Waals surface area (Å²) in [5.41, 5.74) is 3.85. The predicted octanol–water partition coefficient (Wildman–Crippen LogP) is 4.08. The van der Waals surface area contributed by atoms with Gasteiger partial charge in [0, 0.05) is 31.3 Å². The monoisotopic (exact) mass is 352 g/mol. The lowest BCUT2D eigenvalue weighted by Gasteiger charge is -2.19. The molecule has 4 heteroatoms. The Kier molecular flexibility index (Phi) is 6.19. The first-order chi connectivity index (χ1) is 12.2. The van der Waals surface area contributed by atoms with Gasteiger partial charge in [0.05, 0.1) is 0 Å². The molecule has 0 aliphatic carbocycles. The van der Waals surface area contributed by atoms with Gasteiger partial charge < -0.3 is 10.2 Å². The van der Waals surface area contributed by atoms with Crippen LogP contribution in [0.2, 0.25) is 0 Å². The molecule has 0 aliphatic heterocycles. The summed E-state index contributed by atoms with van der Waals surface area (Å²) in [4.78, 5) is 26.1. The fraction of sp³-hybridized carbons (Fsp3) is 0.364. The summed E-state index contributed by atoms with van der Waals surface area (Å²) in [6, 6.07) is 15.4. The largest absolute Gasteiger partial charge is 0.352 e. The summed E-state index contributed by atoms with van der Waals surface area (Å²) >= 11 is 0. The molecule has 0 unspecified atom stereocenters. The molecule has 0 heterocycles. The quantitative estimate of drug-likeness (QED) is 0.882. The van der Waals surface area contributed by atoms with Gasteiger partial charge in [0.2, 0.25) is 5.91 Å². The maximum absolute atomic E-state index is 12.3. The zero-order valence-electron chi connectivity index (χ0n) is 16.3. The van der Waals surface area contributed by atoms with Gasteiger partial charge in [-0.05, 0) is 42.2 Å². The first-order valence-corrected chi connectivity index (χ1v) is 8.90. The molecule has 26 heavy (non-hydrogen) atoms. The minimum absolute atomic E-state index is 0.0303. The van der Waals surface area contributed by atoms with E-state index in [9.17, 15) is 9.59 Å². The fourth-order valence-corrected chi connectivity index (χ4v) is 2.59. The molecular weight excluding hydrogens is 324 g/mol. The number of carbonyl (C=O) groups excluding carboxylic acids is 2. The highest BCUT2D eigenvalue weighted by molar-refractivity contribution is 5.95. The second-order valence-corrected chi connectivity index (χ2v) is 7.62. The molecule has 0 fully saturated rings. The van der Waals surface area contributed by atoms with Crippen LogP contribution in [0.1, 0.15) is 48.7 Å². The number of anilines is 1. The summed E-state index contributed by atoms with van der Waals surface area (Å²) in [6.45, 7) is 8.73. The van der Waals surface area contributed by atoms with Crippen molar-refractivity contribution in [3.8, 4) is 0 Å². The van der Waals surface area contributed by atoms with Crippen LogP contribution in [0.3, 0.4) is 0 Å². The topological polar surface area (TPSA) is 49.4 Å². The number of carbonyl (C=O) groups is 2. The molecule has 0 atom stereocenters. The molecule has 0 aromatic heterocycles. The number of amides is 2. The van der Waals surface area contributed by atoms with Crippen molar-refractivity contribution in [3.63, 3.8) is 0 Å². The number of benzene rings is 2. The number of rotatable bonds is 5. The lowest BCUT2D eigenvalue weighted by Crippen LogP contribution is -2.32. The van der Waals surface area contributed by atoms with E-state index < -0.39 is 0 Å². The molecular formula is C22H28N2O2. The lowest BCUT2D eigenvalue weighted by atomic mass is 9.87. The predicted molar refractivity (Wildman–Crippen MR) is 107 cm³/mol. The molecule has 0 spiro atoms. The van der Waals surface area contributed by atoms with Crippen LogP contribution < -0.4 is 10.2 Å². The second-order valence-electron chi connectivity index (χ2n) is 7.62. The van der Waals surface area contributed by atoms with E-state index >= 15 is 0 Å². The van der Waals surface area contributed by atoms with Crippen LogP contribution in [0, 0.1) is 6.92 Å². The minimum Gasteiger partial charge on any atom is -0.352 e. The molecule has 0 aliphatic rings. The highest BCUT2D eigenvalue weighted by Gasteiger charge is 2.15. The molecule has 2 rings (SSSR count). The maximum Gasteiger partial charge on any atom is 0.251 e. The highest BCUT2D eigenvalue weighted by Crippen LogP contribution is 2.22. The Labute approximate surface area is 156 Å². The van der Waals surface area contributed by atoms with Crippen molar-refractivity contribution in [1.29, 1.82) is 0 Å². The smallest absolute Gasteiger partial charge is 0.251 e. The Morgan fingerprint density at radius 1 is 0.962 bits per heavy atom. The number of nitrogens with one attached hydrogen (secondary N) is 1. The van der Waals surface area contributed by atoms with Gasteiger partial charge in [-0.25, -0.2) is 0 Å². The Morgan fingerprint density at radius 3 is 2.08 bits per heavy atom. The van der Waals surface area contributed by atoms with Gasteiger partial charge in [0.25, 0.3) is 5.91 Å². The normalized spacial score (nSPS) is 11.1. The number of nitrogens with zero attached hydrogens (tertiary/aromatic N) is 1. The van der Waals surface area contributed by atoms with Gasteiger partial charge in [-0.3, -0.25) is 9.59 Å². The van der Waals surface area contributed by atoms with Gasteiger partial charge in [0.15, 0.2) is 0 Å². The molecule has 4 nitrogen and oxygen atoms in total. The molecule has 2 amide bonds. The average Bonchev–Trinajstić information content (AvgIpc) is 2.61. The van der Waals surface area contributed by atoms with Crippen LogP contribution in [0.5, 0.6) is 0 Å². The molecule has 0 bridgehead atoms. The molecule has 2 aromatic carbocycles. The maximum atomic E-state index is 12.3. The van der Waals surface area contributed by atoms with Crippen LogP contribution in [-0.4, -0.2) is 25.4 Å². The van der Waals surface area contributed by atoms with Crippen LogP contribution in [-0.2, 0) is 10.2 Å². The Balaban J connectivity index is 1.85. The lowest BCUT2D eigenvalue weighted by molar-refractivity contribution is -0.118. The fourth-order valence-electron chi connectivity index (χ4n) is 2.59. The van der Waals surface area contributed by atoms with Crippen molar-refractivity contribution in [2.45, 2.75) is 39.5 Å². The highest BCUT2D eigenvalue weighted by atomic mass is 16.2. The summed E-state index contributed by atoms with van der Waals surface area (Å²) in [6.07, 6.45) is 0.260. The Morgan fingerprint density at radius 2 is 1.54 bits per heavy atom. The van der Waals surface area contributed by atoms with E-state index in [-0.39, 0.29) is 23.7 Å². The van der Waals surface area contributed by atoms with Gasteiger partial charge >= 0.3 is 0 Å². The van der Waals surface area contributed by atoms with Crippen LogP contribution >= 0.6 is 0 Å². The average molecular weight is 352 g/mol. The minimum atomic E-state index is -0.156. The van der Waals surface area contributed by atoms with E-state index in [1.807, 2.05) is 55.5 Å². The third-order valence-corrected chi connectivity index (χ3v) is 4.43. The zero-order chi connectivity index (χ0) is 19.3. The SMILES string of the molecule is Cc1ccc(N(C)C(=O)CCNC(=O)c2ccc(C(C)(C)C)cc2)cc1. The number of hydrogen-bond donors (Lipinski definition) is 1. The Bertz CT molecular complexity index is 756. The third kappa shape index (κ3) is 5.19. The molecule has 2 aromatic rings. The van der Waals surface area contributed by atoms with Gasteiger partial charge in [0.1, 0.15) is 0 Å². The van der Waals surface area contributed by atoms with Gasteiger partial charge in [-0.15, -0.1) is 0 Å². The molecule has 1 N–H and O–H groups in total. The van der Waals surface area contributed by atoms with Crippen molar-refractivity contribution >= 4 is 17.5 Å². The van der Waals surface area contributed by atoms with Crippen LogP contribution in [0.4, 0.5) is 5.69 Å². The number of hydrogen-bond acceptors (Lipinski definition) is 2. The number of aryl methyl sites for hydroxylation is 1. The van der Waals surface area contributed by atoms with E-state index in [0.29, 0.717) is 12.1 Å². The van der Waals surface area contributed by atoms with Gasteiger partial charge in [-0.1, -0.05) is 50.6 Å². The van der Waals surface area contributed by atoms with Gasteiger partial charge in [-0.2, -0.15) is 0 Å². The molecule has 138 valence electrons. The molecule has 0 radical (unpaired) electrons. The van der Waals surface area contributed by atoms with E-state index in [2.05, 4.69) is 26.1 Å². The van der Waals surface area contributed by atoms with Crippen molar-refractivity contribution in [2.75, 3.05) is 18.5 Å². The van der Waals surface area contributed by atoms with E-state index in [1.165, 1.54) is 5.56 Å². The second kappa shape index (κ2) is 8.17. The van der Waals surface area contributed by atoms with E-state index in [1.54, 1.807) is 11.9 Å². The van der Waals surface area contributed by atoms with Crippen molar-refractivity contribution in [1.82, 2.24) is 5.32 Å². The first-order valence-electron chi connectivity index (χ1n) is 8.90. The standard InChI is InChI=1S/C22H28N2O2/c1-16-6-12-19(13-7-16)24(5)20(25)14-15-23-21(26)17-8-10-18(11-9-17)22(2,3)4/h6-13H,14-15H2,1-5H3,(H,23,26). The van der Waals surface area contributed by atoms with Crippen molar-refractivity contribution < 1.29 is 9.59 Å². The van der Waals surface area contributed by atoms with Crippen LogP contribution in [0.15, 0.2) is 48.5 Å².